The molecule has 0 aromatic carbocycles. The summed E-state index contributed by atoms with van der Waals surface area (Å²) in [5, 5.41) is 6.78. The smallest absolute Gasteiger partial charge is 0.231 e. The SMILES string of the molecule is CC(C)(C)c1cc(NC(=O)C2CC=CCC2)on1. The van der Waals surface area contributed by atoms with Crippen LogP contribution in [0, 0.1) is 5.92 Å². The zero-order chi connectivity index (χ0) is 13.2. The van der Waals surface area contributed by atoms with E-state index in [-0.39, 0.29) is 17.2 Å². The summed E-state index contributed by atoms with van der Waals surface area (Å²) < 4.78 is 5.15. The number of aromatic nitrogens is 1. The number of carbonyl (C=O) groups is 1. The Kier molecular flexibility index (Phi) is 3.55. The Morgan fingerprint density at radius 1 is 1.44 bits per heavy atom. The van der Waals surface area contributed by atoms with Gasteiger partial charge < -0.3 is 4.52 Å². The molecule has 1 aromatic heterocycles. The monoisotopic (exact) mass is 248 g/mol. The van der Waals surface area contributed by atoms with Crippen molar-refractivity contribution in [1.29, 1.82) is 0 Å². The zero-order valence-corrected chi connectivity index (χ0v) is 11.2. The third-order valence-electron chi connectivity index (χ3n) is 3.16. The molecule has 1 aromatic rings. The molecule has 0 spiro atoms. The van der Waals surface area contributed by atoms with Gasteiger partial charge in [0.2, 0.25) is 11.8 Å². The lowest BCUT2D eigenvalue weighted by Gasteiger charge is -2.15. The van der Waals surface area contributed by atoms with Crippen LogP contribution in [-0.2, 0) is 10.2 Å². The Labute approximate surface area is 107 Å². The van der Waals surface area contributed by atoms with Gasteiger partial charge in [0, 0.05) is 17.4 Å². The second kappa shape index (κ2) is 4.96. The molecular weight excluding hydrogens is 228 g/mol. The number of rotatable bonds is 2. The molecule has 1 aliphatic rings. The standard InChI is InChI=1S/C14H20N2O2/c1-14(2,3)11-9-12(18-16-11)15-13(17)10-7-5-4-6-8-10/h4-5,9-10H,6-8H2,1-3H3,(H,15,17). The molecule has 1 amide bonds. The van der Waals surface area contributed by atoms with E-state index in [0.717, 1.165) is 25.0 Å². The van der Waals surface area contributed by atoms with E-state index in [1.165, 1.54) is 0 Å². The summed E-state index contributed by atoms with van der Waals surface area (Å²) in [5.41, 5.74) is 0.779. The second-order valence-electron chi connectivity index (χ2n) is 5.80. The fourth-order valence-corrected chi connectivity index (χ4v) is 1.94. The van der Waals surface area contributed by atoms with Gasteiger partial charge in [-0.05, 0) is 19.3 Å². The third-order valence-corrected chi connectivity index (χ3v) is 3.16. The first-order valence-electron chi connectivity index (χ1n) is 6.40. The number of nitrogens with one attached hydrogen (secondary N) is 1. The number of allylic oxidation sites excluding steroid dienone is 2. The van der Waals surface area contributed by atoms with Crippen LogP contribution in [0.5, 0.6) is 0 Å². The van der Waals surface area contributed by atoms with Gasteiger partial charge in [-0.3, -0.25) is 10.1 Å². The van der Waals surface area contributed by atoms with Crippen LogP contribution in [0.25, 0.3) is 0 Å². The minimum atomic E-state index is -0.0694. The molecule has 1 atom stereocenters. The summed E-state index contributed by atoms with van der Waals surface area (Å²) in [7, 11) is 0. The Balaban J connectivity index is 1.99. The number of hydrogen-bond acceptors (Lipinski definition) is 3. The van der Waals surface area contributed by atoms with E-state index in [0.29, 0.717) is 5.88 Å². The van der Waals surface area contributed by atoms with Gasteiger partial charge in [-0.15, -0.1) is 0 Å². The molecule has 0 fully saturated rings. The summed E-state index contributed by atoms with van der Waals surface area (Å²) in [4.78, 5) is 12.0. The lowest BCUT2D eigenvalue weighted by atomic mass is 9.92. The Bertz CT molecular complexity index is 455. The van der Waals surface area contributed by atoms with Crippen LogP contribution in [0.3, 0.4) is 0 Å². The maximum Gasteiger partial charge on any atom is 0.231 e. The second-order valence-corrected chi connectivity index (χ2v) is 5.80. The molecule has 4 heteroatoms. The molecule has 0 bridgehead atoms. The van der Waals surface area contributed by atoms with Crippen molar-refractivity contribution < 1.29 is 9.32 Å². The average molecular weight is 248 g/mol. The molecule has 1 unspecified atom stereocenters. The highest BCUT2D eigenvalue weighted by atomic mass is 16.5. The fourth-order valence-electron chi connectivity index (χ4n) is 1.94. The van der Waals surface area contributed by atoms with E-state index < -0.39 is 0 Å². The van der Waals surface area contributed by atoms with Crippen molar-refractivity contribution in [3.63, 3.8) is 0 Å². The van der Waals surface area contributed by atoms with E-state index in [1.54, 1.807) is 6.07 Å². The average Bonchev–Trinajstić information content (AvgIpc) is 2.78. The molecule has 0 aliphatic heterocycles. The topological polar surface area (TPSA) is 55.1 Å². The maximum atomic E-state index is 12.0. The van der Waals surface area contributed by atoms with Gasteiger partial charge in [-0.1, -0.05) is 38.1 Å². The first-order chi connectivity index (χ1) is 8.47. The van der Waals surface area contributed by atoms with Gasteiger partial charge in [-0.2, -0.15) is 0 Å². The number of amides is 1. The third kappa shape index (κ3) is 3.00. The minimum absolute atomic E-state index is 0.0240. The van der Waals surface area contributed by atoms with Crippen LogP contribution < -0.4 is 5.32 Å². The molecule has 2 rings (SSSR count). The van der Waals surface area contributed by atoms with Crippen LogP contribution in [0.1, 0.15) is 45.7 Å². The van der Waals surface area contributed by atoms with Crippen molar-refractivity contribution in [2.75, 3.05) is 5.32 Å². The summed E-state index contributed by atoms with van der Waals surface area (Å²) in [6, 6.07) is 1.80. The Hall–Kier alpha value is -1.58. The summed E-state index contributed by atoms with van der Waals surface area (Å²) >= 11 is 0. The van der Waals surface area contributed by atoms with Crippen molar-refractivity contribution in [3.05, 3.63) is 23.9 Å². The maximum absolute atomic E-state index is 12.0. The largest absolute Gasteiger partial charge is 0.338 e. The molecule has 1 N–H and O–H groups in total. The molecule has 4 nitrogen and oxygen atoms in total. The number of nitrogens with zero attached hydrogens (tertiary/aromatic N) is 1. The van der Waals surface area contributed by atoms with Gasteiger partial charge >= 0.3 is 0 Å². The summed E-state index contributed by atoms with van der Waals surface area (Å²) in [6.07, 6.45) is 6.88. The number of hydrogen-bond donors (Lipinski definition) is 1. The first kappa shape index (κ1) is 12.9. The van der Waals surface area contributed by atoms with Crippen LogP contribution in [0.4, 0.5) is 5.88 Å². The van der Waals surface area contributed by atoms with Crippen molar-refractivity contribution >= 4 is 11.8 Å². The van der Waals surface area contributed by atoms with E-state index in [4.69, 9.17) is 4.52 Å². The molecular formula is C14H20N2O2. The molecule has 1 heterocycles. The van der Waals surface area contributed by atoms with Crippen LogP contribution in [-0.4, -0.2) is 11.1 Å². The Morgan fingerprint density at radius 3 is 2.78 bits per heavy atom. The van der Waals surface area contributed by atoms with Gasteiger partial charge in [0.1, 0.15) is 0 Å². The quantitative estimate of drug-likeness (QED) is 0.817. The van der Waals surface area contributed by atoms with Crippen LogP contribution in [0.2, 0.25) is 0 Å². The predicted molar refractivity (Wildman–Crippen MR) is 70.3 cm³/mol. The van der Waals surface area contributed by atoms with Crippen molar-refractivity contribution in [3.8, 4) is 0 Å². The first-order valence-corrected chi connectivity index (χ1v) is 6.40. The van der Waals surface area contributed by atoms with Crippen LogP contribution >= 0.6 is 0 Å². The van der Waals surface area contributed by atoms with E-state index in [9.17, 15) is 4.79 Å². The normalized spacial score (nSPS) is 19.8. The van der Waals surface area contributed by atoms with E-state index in [2.05, 4.69) is 43.4 Å². The number of anilines is 1. The Morgan fingerprint density at radius 2 is 2.22 bits per heavy atom. The van der Waals surface area contributed by atoms with Crippen molar-refractivity contribution in [2.24, 2.45) is 5.92 Å². The molecule has 0 saturated heterocycles. The van der Waals surface area contributed by atoms with Gasteiger partial charge in [0.05, 0.1) is 5.69 Å². The highest BCUT2D eigenvalue weighted by Gasteiger charge is 2.22. The van der Waals surface area contributed by atoms with Crippen molar-refractivity contribution in [1.82, 2.24) is 5.16 Å². The zero-order valence-electron chi connectivity index (χ0n) is 11.2. The highest BCUT2D eigenvalue weighted by Crippen LogP contribution is 2.25. The van der Waals surface area contributed by atoms with Gasteiger partial charge in [0.15, 0.2) is 0 Å². The summed E-state index contributed by atoms with van der Waals surface area (Å²) in [5.74, 6) is 0.522. The lowest BCUT2D eigenvalue weighted by molar-refractivity contribution is -0.120. The molecule has 18 heavy (non-hydrogen) atoms. The number of carbonyl (C=O) groups excluding carboxylic acids is 1. The minimum Gasteiger partial charge on any atom is -0.338 e. The predicted octanol–water partition coefficient (Wildman–Crippen LogP) is 3.27. The fraction of sp³-hybridized carbons (Fsp3) is 0.571. The van der Waals surface area contributed by atoms with Crippen LogP contribution in [0.15, 0.2) is 22.7 Å². The van der Waals surface area contributed by atoms with Gasteiger partial charge in [0.25, 0.3) is 0 Å². The molecule has 1 aliphatic carbocycles. The lowest BCUT2D eigenvalue weighted by Crippen LogP contribution is -2.23. The van der Waals surface area contributed by atoms with E-state index >= 15 is 0 Å². The van der Waals surface area contributed by atoms with Gasteiger partial charge in [-0.25, -0.2) is 0 Å². The summed E-state index contributed by atoms with van der Waals surface area (Å²) in [6.45, 7) is 6.17. The molecule has 0 radical (unpaired) electrons. The van der Waals surface area contributed by atoms with E-state index in [1.807, 2.05) is 0 Å². The van der Waals surface area contributed by atoms with Crippen molar-refractivity contribution in [2.45, 2.75) is 45.4 Å². The molecule has 98 valence electrons. The molecule has 0 saturated carbocycles. The highest BCUT2D eigenvalue weighted by molar-refractivity contribution is 5.91.